The molecule has 0 radical (unpaired) electrons. The molecular formula is C18H17N7O3. The Morgan fingerprint density at radius 1 is 1.07 bits per heavy atom. The second kappa shape index (κ2) is 8.54. The number of amides is 1. The van der Waals surface area contributed by atoms with Crippen molar-refractivity contribution < 1.29 is 9.72 Å². The maximum absolute atomic E-state index is 12.1. The van der Waals surface area contributed by atoms with Crippen LogP contribution in [0, 0.1) is 10.1 Å². The fourth-order valence-corrected chi connectivity index (χ4v) is 2.37. The number of aromatic nitrogens is 3. The average molecular weight is 379 g/mol. The number of pyridine rings is 1. The fraction of sp³-hybridized carbons (Fsp3) is 0.111. The van der Waals surface area contributed by atoms with Crippen molar-refractivity contribution in [3.05, 3.63) is 76.4 Å². The van der Waals surface area contributed by atoms with Gasteiger partial charge in [-0.05, 0) is 36.2 Å². The summed E-state index contributed by atoms with van der Waals surface area (Å²) in [4.78, 5) is 34.7. The summed E-state index contributed by atoms with van der Waals surface area (Å²) < 4.78 is 0. The second-order valence-electron chi connectivity index (χ2n) is 5.65. The highest BCUT2D eigenvalue weighted by Crippen LogP contribution is 2.30. The van der Waals surface area contributed by atoms with Crippen molar-refractivity contribution in [2.24, 2.45) is 0 Å². The zero-order valence-electron chi connectivity index (χ0n) is 14.9. The van der Waals surface area contributed by atoms with Crippen LogP contribution in [0.2, 0.25) is 0 Å². The molecule has 1 amide bonds. The Bertz CT molecular complexity index is 978. The molecule has 0 spiro atoms. The van der Waals surface area contributed by atoms with Crippen molar-refractivity contribution in [3.8, 4) is 0 Å². The van der Waals surface area contributed by atoms with E-state index in [-0.39, 0.29) is 17.3 Å². The van der Waals surface area contributed by atoms with Gasteiger partial charge in [0, 0.05) is 11.9 Å². The first-order valence-electron chi connectivity index (χ1n) is 8.41. The van der Waals surface area contributed by atoms with Crippen LogP contribution in [0.4, 0.5) is 23.0 Å². The fourth-order valence-electron chi connectivity index (χ4n) is 2.37. The van der Waals surface area contributed by atoms with E-state index in [2.05, 4.69) is 31.1 Å². The number of rotatable bonds is 7. The van der Waals surface area contributed by atoms with E-state index in [0.717, 1.165) is 18.3 Å². The zero-order chi connectivity index (χ0) is 19.9. The minimum atomic E-state index is -0.627. The number of carbonyl (C=O) groups is 1. The highest BCUT2D eigenvalue weighted by molar-refractivity contribution is 5.93. The molecule has 0 saturated heterocycles. The lowest BCUT2D eigenvalue weighted by Crippen LogP contribution is -2.31. The summed E-state index contributed by atoms with van der Waals surface area (Å²) in [5, 5.41) is 14.5. The lowest BCUT2D eigenvalue weighted by Gasteiger charge is -2.11. The smallest absolute Gasteiger partial charge is 0.334 e. The van der Waals surface area contributed by atoms with Crippen LogP contribution in [0.25, 0.3) is 0 Å². The number of hydrogen-bond acceptors (Lipinski definition) is 8. The SMILES string of the molecule is CCc1ccc(Nc2ncnc(NNC(=O)c3ccccn3)c2[N+](=O)[O-])cc1. The third kappa shape index (κ3) is 4.36. The third-order valence-electron chi connectivity index (χ3n) is 3.82. The molecule has 2 aromatic heterocycles. The quantitative estimate of drug-likeness (QED) is 0.421. The van der Waals surface area contributed by atoms with Crippen molar-refractivity contribution >= 4 is 28.9 Å². The molecule has 0 unspecified atom stereocenters. The number of aryl methyl sites for hydroxylation is 1. The van der Waals surface area contributed by atoms with Gasteiger partial charge in [0.05, 0.1) is 4.92 Å². The van der Waals surface area contributed by atoms with Gasteiger partial charge in [0.25, 0.3) is 5.91 Å². The summed E-state index contributed by atoms with van der Waals surface area (Å²) >= 11 is 0. The van der Waals surface area contributed by atoms with Gasteiger partial charge in [-0.25, -0.2) is 9.97 Å². The minimum Gasteiger partial charge on any atom is -0.334 e. The Labute approximate surface area is 160 Å². The van der Waals surface area contributed by atoms with Crippen molar-refractivity contribution in [2.45, 2.75) is 13.3 Å². The first kappa shape index (κ1) is 18.7. The van der Waals surface area contributed by atoms with Gasteiger partial charge in [0.15, 0.2) is 0 Å². The highest BCUT2D eigenvalue weighted by Gasteiger charge is 2.23. The summed E-state index contributed by atoms with van der Waals surface area (Å²) in [5.41, 5.74) is 6.34. The molecule has 0 bridgehead atoms. The molecule has 10 nitrogen and oxygen atoms in total. The monoisotopic (exact) mass is 379 g/mol. The molecule has 3 rings (SSSR count). The first-order chi connectivity index (χ1) is 13.6. The summed E-state index contributed by atoms with van der Waals surface area (Å²) in [7, 11) is 0. The van der Waals surface area contributed by atoms with Crippen LogP contribution in [0.3, 0.4) is 0 Å². The highest BCUT2D eigenvalue weighted by atomic mass is 16.6. The maximum atomic E-state index is 12.1. The van der Waals surface area contributed by atoms with Gasteiger partial charge >= 0.3 is 5.69 Å². The van der Waals surface area contributed by atoms with E-state index in [1.165, 1.54) is 12.3 Å². The number of nitrogens with zero attached hydrogens (tertiary/aromatic N) is 4. The number of anilines is 3. The summed E-state index contributed by atoms with van der Waals surface area (Å²) in [6, 6.07) is 12.3. The van der Waals surface area contributed by atoms with Crippen LogP contribution >= 0.6 is 0 Å². The molecule has 3 aromatic rings. The molecule has 0 saturated carbocycles. The maximum Gasteiger partial charge on any atom is 0.355 e. The van der Waals surface area contributed by atoms with E-state index in [1.54, 1.807) is 24.3 Å². The number of nitrogens with one attached hydrogen (secondary N) is 3. The largest absolute Gasteiger partial charge is 0.355 e. The van der Waals surface area contributed by atoms with Crippen molar-refractivity contribution in [3.63, 3.8) is 0 Å². The van der Waals surface area contributed by atoms with E-state index in [4.69, 9.17) is 0 Å². The standard InChI is InChI=1S/C18H17N7O3/c1-2-12-6-8-13(9-7-12)22-16-15(25(27)28)17(21-11-20-16)23-24-18(26)14-5-3-4-10-19-14/h3-11H,2H2,1H3,(H,24,26)(H2,20,21,22,23). The zero-order valence-corrected chi connectivity index (χ0v) is 14.9. The van der Waals surface area contributed by atoms with Crippen LogP contribution < -0.4 is 16.2 Å². The summed E-state index contributed by atoms with van der Waals surface area (Å²) in [5.74, 6) is -0.714. The van der Waals surface area contributed by atoms with Gasteiger partial charge in [-0.1, -0.05) is 25.1 Å². The molecule has 0 aliphatic heterocycles. The number of nitro groups is 1. The number of benzene rings is 1. The van der Waals surface area contributed by atoms with Crippen LogP contribution in [-0.4, -0.2) is 25.8 Å². The Morgan fingerprint density at radius 3 is 2.46 bits per heavy atom. The normalized spacial score (nSPS) is 10.2. The van der Waals surface area contributed by atoms with Crippen LogP contribution in [0.15, 0.2) is 55.0 Å². The molecule has 0 atom stereocenters. The molecule has 1 aromatic carbocycles. The number of hydrogen-bond donors (Lipinski definition) is 3. The molecule has 2 heterocycles. The Morgan fingerprint density at radius 2 is 1.82 bits per heavy atom. The minimum absolute atomic E-state index is 0.00108. The van der Waals surface area contributed by atoms with Crippen LogP contribution in [0.5, 0.6) is 0 Å². The lowest BCUT2D eigenvalue weighted by molar-refractivity contribution is -0.383. The molecule has 10 heteroatoms. The van der Waals surface area contributed by atoms with Gasteiger partial charge in [-0.3, -0.25) is 30.7 Å². The van der Waals surface area contributed by atoms with E-state index < -0.39 is 16.5 Å². The third-order valence-corrected chi connectivity index (χ3v) is 3.82. The Balaban J connectivity index is 1.80. The molecular weight excluding hydrogens is 362 g/mol. The predicted octanol–water partition coefficient (Wildman–Crippen LogP) is 2.84. The number of carbonyl (C=O) groups excluding carboxylic acids is 1. The van der Waals surface area contributed by atoms with Gasteiger partial charge in [-0.15, -0.1) is 0 Å². The molecule has 3 N–H and O–H groups in total. The van der Waals surface area contributed by atoms with Gasteiger partial charge in [-0.2, -0.15) is 0 Å². The molecule has 0 aliphatic rings. The molecule has 142 valence electrons. The van der Waals surface area contributed by atoms with E-state index >= 15 is 0 Å². The summed E-state index contributed by atoms with van der Waals surface area (Å²) in [6.07, 6.45) is 3.51. The Kier molecular flexibility index (Phi) is 5.70. The topological polar surface area (TPSA) is 135 Å². The summed E-state index contributed by atoms with van der Waals surface area (Å²) in [6.45, 7) is 2.04. The van der Waals surface area contributed by atoms with Gasteiger partial charge in [0.1, 0.15) is 12.0 Å². The van der Waals surface area contributed by atoms with Crippen molar-refractivity contribution in [2.75, 3.05) is 10.7 Å². The lowest BCUT2D eigenvalue weighted by atomic mass is 10.1. The van der Waals surface area contributed by atoms with Crippen LogP contribution in [0.1, 0.15) is 23.0 Å². The van der Waals surface area contributed by atoms with Gasteiger partial charge in [0.2, 0.25) is 11.6 Å². The van der Waals surface area contributed by atoms with Gasteiger partial charge < -0.3 is 5.32 Å². The van der Waals surface area contributed by atoms with E-state index in [0.29, 0.717) is 5.69 Å². The first-order valence-corrected chi connectivity index (χ1v) is 8.41. The Hall–Kier alpha value is -4.08. The predicted molar refractivity (Wildman–Crippen MR) is 103 cm³/mol. The van der Waals surface area contributed by atoms with E-state index in [1.807, 2.05) is 19.1 Å². The van der Waals surface area contributed by atoms with Crippen LogP contribution in [-0.2, 0) is 6.42 Å². The average Bonchev–Trinajstić information content (AvgIpc) is 2.73. The molecule has 0 aliphatic carbocycles. The van der Waals surface area contributed by atoms with Crippen molar-refractivity contribution in [1.82, 2.24) is 20.4 Å². The molecule has 28 heavy (non-hydrogen) atoms. The second-order valence-corrected chi connectivity index (χ2v) is 5.65. The molecule has 0 fully saturated rings. The number of hydrazine groups is 1. The van der Waals surface area contributed by atoms with E-state index in [9.17, 15) is 14.9 Å². The van der Waals surface area contributed by atoms with Crippen molar-refractivity contribution in [1.29, 1.82) is 0 Å².